The molecular weight excluding hydrogens is 374 g/mol. The molecule has 0 bridgehead atoms. The fourth-order valence-electron chi connectivity index (χ4n) is 3.31. The van der Waals surface area contributed by atoms with Gasteiger partial charge in [-0.15, -0.1) is 0 Å². The summed E-state index contributed by atoms with van der Waals surface area (Å²) in [5, 5.41) is 9.53. The van der Waals surface area contributed by atoms with Crippen LogP contribution in [-0.2, 0) is 13.1 Å². The van der Waals surface area contributed by atoms with Gasteiger partial charge < -0.3 is 9.47 Å². The van der Waals surface area contributed by atoms with Crippen molar-refractivity contribution in [3.05, 3.63) is 82.9 Å². The van der Waals surface area contributed by atoms with Crippen LogP contribution in [0, 0.1) is 11.3 Å². The Hall–Kier alpha value is -3.30. The van der Waals surface area contributed by atoms with E-state index in [0.29, 0.717) is 36.8 Å². The predicted octanol–water partition coefficient (Wildman–Crippen LogP) is 3.90. The average molecular weight is 392 g/mol. The van der Waals surface area contributed by atoms with Crippen LogP contribution in [-0.4, -0.2) is 33.6 Å². The number of hydrogen-bond donors (Lipinski definition) is 0. The highest BCUT2D eigenvalue weighted by atomic mass is 35.5. The van der Waals surface area contributed by atoms with Gasteiger partial charge in [-0.3, -0.25) is 4.90 Å². The summed E-state index contributed by atoms with van der Waals surface area (Å²) < 4.78 is 2.02. The molecule has 0 atom stereocenters. The molecule has 1 aliphatic rings. The molecule has 0 N–H and O–H groups in total. The second-order valence-electron chi connectivity index (χ2n) is 6.66. The number of benzene rings is 2. The van der Waals surface area contributed by atoms with Crippen LogP contribution >= 0.6 is 11.6 Å². The monoisotopic (exact) mass is 391 g/mol. The molecule has 1 saturated heterocycles. The molecule has 1 aliphatic heterocycles. The third-order valence-corrected chi connectivity index (χ3v) is 5.04. The van der Waals surface area contributed by atoms with Crippen molar-refractivity contribution in [1.82, 2.24) is 14.5 Å². The number of amides is 2. The molecule has 2 aromatic carbocycles. The molecule has 0 aliphatic carbocycles. The number of halogens is 1. The highest BCUT2D eigenvalue weighted by molar-refractivity contribution is 6.30. The number of rotatable bonds is 5. The number of urea groups is 1. The summed E-state index contributed by atoms with van der Waals surface area (Å²) in [5.74, 6) is 0. The molecule has 2 amide bonds. The molecule has 0 radical (unpaired) electrons. The van der Waals surface area contributed by atoms with Crippen molar-refractivity contribution in [1.29, 1.82) is 5.26 Å². The summed E-state index contributed by atoms with van der Waals surface area (Å²) in [5.41, 5.74) is 3.49. The van der Waals surface area contributed by atoms with E-state index in [2.05, 4.69) is 11.1 Å². The molecule has 28 heavy (non-hydrogen) atoms. The van der Waals surface area contributed by atoms with Gasteiger partial charge in [0.25, 0.3) is 0 Å². The van der Waals surface area contributed by atoms with Crippen LogP contribution in [0.15, 0.2) is 61.1 Å². The number of carbonyl (C=O) groups is 1. The van der Waals surface area contributed by atoms with Crippen molar-refractivity contribution in [2.24, 2.45) is 0 Å². The lowest BCUT2D eigenvalue weighted by atomic mass is 10.1. The lowest BCUT2D eigenvalue weighted by Crippen LogP contribution is -2.32. The number of carbonyl (C=O) groups excluding carboxylic acids is 1. The molecule has 140 valence electrons. The second kappa shape index (κ2) is 7.75. The topological polar surface area (TPSA) is 65.2 Å². The lowest BCUT2D eigenvalue weighted by Gasteiger charge is -2.19. The zero-order chi connectivity index (χ0) is 19.5. The summed E-state index contributed by atoms with van der Waals surface area (Å²) in [6.45, 7) is 2.41. The number of nitrogens with zero attached hydrogens (tertiary/aromatic N) is 5. The molecule has 4 rings (SSSR count). The molecule has 3 aromatic rings. The number of hydrogen-bond acceptors (Lipinski definition) is 3. The maximum atomic E-state index is 12.8. The van der Waals surface area contributed by atoms with Gasteiger partial charge in [0.1, 0.15) is 0 Å². The molecule has 0 saturated carbocycles. The van der Waals surface area contributed by atoms with Gasteiger partial charge >= 0.3 is 6.03 Å². The smallest absolute Gasteiger partial charge is 0.324 e. The van der Waals surface area contributed by atoms with Gasteiger partial charge in [0.15, 0.2) is 0 Å². The van der Waals surface area contributed by atoms with Crippen LogP contribution < -0.4 is 4.90 Å². The Labute approximate surface area is 168 Å². The normalized spacial score (nSPS) is 13.8. The molecule has 1 aromatic heterocycles. The first-order valence-electron chi connectivity index (χ1n) is 8.94. The van der Waals surface area contributed by atoms with E-state index >= 15 is 0 Å². The first-order valence-corrected chi connectivity index (χ1v) is 9.32. The Bertz CT molecular complexity index is 1040. The van der Waals surface area contributed by atoms with Crippen molar-refractivity contribution in [3.8, 4) is 6.07 Å². The van der Waals surface area contributed by atoms with E-state index in [4.69, 9.17) is 16.9 Å². The molecule has 2 heterocycles. The minimum absolute atomic E-state index is 0.0339. The largest absolute Gasteiger partial charge is 0.329 e. The van der Waals surface area contributed by atoms with Gasteiger partial charge in [0.05, 0.1) is 30.2 Å². The first kappa shape index (κ1) is 18.1. The fourth-order valence-corrected chi connectivity index (χ4v) is 3.50. The fraction of sp³-hybridized carbons (Fsp3) is 0.190. The predicted molar refractivity (Wildman–Crippen MR) is 107 cm³/mol. The van der Waals surface area contributed by atoms with E-state index in [0.717, 1.165) is 16.9 Å². The Morgan fingerprint density at radius 2 is 1.93 bits per heavy atom. The minimum Gasteiger partial charge on any atom is -0.329 e. The average Bonchev–Trinajstić information content (AvgIpc) is 3.29. The van der Waals surface area contributed by atoms with Crippen LogP contribution in [0.4, 0.5) is 10.5 Å². The van der Waals surface area contributed by atoms with Crippen LogP contribution in [0.2, 0.25) is 5.02 Å². The van der Waals surface area contributed by atoms with Gasteiger partial charge in [-0.1, -0.05) is 29.8 Å². The van der Waals surface area contributed by atoms with Crippen molar-refractivity contribution >= 4 is 23.3 Å². The van der Waals surface area contributed by atoms with E-state index in [-0.39, 0.29) is 6.03 Å². The molecule has 1 fully saturated rings. The Morgan fingerprint density at radius 3 is 2.68 bits per heavy atom. The maximum Gasteiger partial charge on any atom is 0.324 e. The standard InChI is InChI=1S/C21H18ClN5O/c22-18-2-1-3-19(10-18)27-9-8-25(21(27)28)14-20-12-24-15-26(20)13-17-6-4-16(11-23)5-7-17/h1-7,10,12,15H,8-9,13-14H2. The molecule has 0 unspecified atom stereocenters. The zero-order valence-corrected chi connectivity index (χ0v) is 15.9. The SMILES string of the molecule is N#Cc1ccc(Cn2cncc2CN2CCN(c3cccc(Cl)c3)C2=O)cc1. The zero-order valence-electron chi connectivity index (χ0n) is 15.1. The van der Waals surface area contributed by atoms with Crippen LogP contribution in [0.5, 0.6) is 0 Å². The van der Waals surface area contributed by atoms with Gasteiger partial charge in [-0.2, -0.15) is 5.26 Å². The van der Waals surface area contributed by atoms with Gasteiger partial charge in [-0.05, 0) is 35.9 Å². The number of nitriles is 1. The van der Waals surface area contributed by atoms with E-state index < -0.39 is 0 Å². The highest BCUT2D eigenvalue weighted by Gasteiger charge is 2.30. The third kappa shape index (κ3) is 3.71. The second-order valence-corrected chi connectivity index (χ2v) is 7.09. The lowest BCUT2D eigenvalue weighted by molar-refractivity contribution is 0.217. The summed E-state index contributed by atoms with van der Waals surface area (Å²) in [6, 6.07) is 16.9. The van der Waals surface area contributed by atoms with E-state index in [1.807, 2.05) is 33.7 Å². The van der Waals surface area contributed by atoms with E-state index in [1.165, 1.54) is 0 Å². The Morgan fingerprint density at radius 1 is 1.11 bits per heavy atom. The van der Waals surface area contributed by atoms with Crippen LogP contribution in [0.3, 0.4) is 0 Å². The first-order chi connectivity index (χ1) is 13.6. The Kier molecular flexibility index (Phi) is 5.00. The van der Waals surface area contributed by atoms with E-state index in [9.17, 15) is 4.79 Å². The molecule has 7 heteroatoms. The van der Waals surface area contributed by atoms with Gasteiger partial charge in [0.2, 0.25) is 0 Å². The summed E-state index contributed by atoms with van der Waals surface area (Å²) in [4.78, 5) is 20.6. The number of aromatic nitrogens is 2. The summed E-state index contributed by atoms with van der Waals surface area (Å²) in [6.07, 6.45) is 3.56. The molecule has 6 nitrogen and oxygen atoms in total. The summed E-state index contributed by atoms with van der Waals surface area (Å²) in [7, 11) is 0. The van der Waals surface area contributed by atoms with Crippen LogP contribution in [0.25, 0.3) is 0 Å². The highest BCUT2D eigenvalue weighted by Crippen LogP contribution is 2.24. The van der Waals surface area contributed by atoms with E-state index in [1.54, 1.807) is 41.7 Å². The van der Waals surface area contributed by atoms with Crippen LogP contribution in [0.1, 0.15) is 16.8 Å². The van der Waals surface area contributed by atoms with Gasteiger partial charge in [-0.25, -0.2) is 9.78 Å². The van der Waals surface area contributed by atoms with Crippen molar-refractivity contribution in [2.75, 3.05) is 18.0 Å². The number of anilines is 1. The van der Waals surface area contributed by atoms with Crippen molar-refractivity contribution in [3.63, 3.8) is 0 Å². The molecular formula is C21H18ClN5O. The molecule has 0 spiro atoms. The van der Waals surface area contributed by atoms with Crippen molar-refractivity contribution < 1.29 is 4.79 Å². The number of imidazole rings is 1. The van der Waals surface area contributed by atoms with Crippen molar-refractivity contribution in [2.45, 2.75) is 13.1 Å². The Balaban J connectivity index is 1.46. The van der Waals surface area contributed by atoms with Gasteiger partial charge in [0, 0.05) is 36.5 Å². The minimum atomic E-state index is -0.0339. The third-order valence-electron chi connectivity index (χ3n) is 4.80. The quantitative estimate of drug-likeness (QED) is 0.662. The summed E-state index contributed by atoms with van der Waals surface area (Å²) >= 11 is 6.06. The maximum absolute atomic E-state index is 12.8.